The van der Waals surface area contributed by atoms with Crippen molar-refractivity contribution in [2.45, 2.75) is 97.8 Å². The molecule has 3 aliphatic rings. The molecule has 0 spiro atoms. The number of hydrogen-bond acceptors (Lipinski definition) is 9. The maximum atomic E-state index is 17.0. The van der Waals surface area contributed by atoms with E-state index in [0.29, 0.717) is 79.4 Å². The number of halogens is 1. The number of ether oxygens (including phenoxy) is 2. The topological polar surface area (TPSA) is 163 Å². The summed E-state index contributed by atoms with van der Waals surface area (Å²) in [6.45, 7) is 15.0. The number of likely N-dealkylation sites (N-methyl/N-ethyl adjacent to an activating group) is 1. The summed E-state index contributed by atoms with van der Waals surface area (Å²) in [6, 6.07) is 13.2. The number of carbonyl (C=O) groups is 5. The number of hydrogen-bond donors (Lipinski definition) is 3. The van der Waals surface area contributed by atoms with Gasteiger partial charge in [-0.1, -0.05) is 64.6 Å². The molecule has 4 heterocycles. The number of fused-ring (bicyclic) bond motifs is 6. The van der Waals surface area contributed by atoms with Crippen LogP contribution in [-0.4, -0.2) is 119 Å². The number of aromatic hydroxyl groups is 1. The molecule has 7 rings (SSSR count). The Kier molecular flexibility index (Phi) is 14.9. The quantitative estimate of drug-likeness (QED) is 0.118. The lowest BCUT2D eigenvalue weighted by molar-refractivity contribution is -0.155. The fourth-order valence-corrected chi connectivity index (χ4v) is 10.2. The van der Waals surface area contributed by atoms with E-state index in [-0.39, 0.29) is 49.6 Å². The first-order valence-electron chi connectivity index (χ1n) is 23.4. The van der Waals surface area contributed by atoms with E-state index in [1.807, 2.05) is 63.5 Å². The molecule has 4 atom stereocenters. The van der Waals surface area contributed by atoms with Gasteiger partial charge in [-0.25, -0.2) is 9.82 Å². The number of hydrazine groups is 1. The normalized spacial score (nSPS) is 20.3. The predicted octanol–water partition coefficient (Wildman–Crippen LogP) is 6.19. The van der Waals surface area contributed by atoms with Gasteiger partial charge in [0.15, 0.2) is 0 Å². The van der Waals surface area contributed by atoms with Crippen LogP contribution in [0.25, 0.3) is 33.3 Å². The summed E-state index contributed by atoms with van der Waals surface area (Å²) in [5, 5.41) is 16.3. The molecule has 0 aliphatic carbocycles. The van der Waals surface area contributed by atoms with E-state index in [4.69, 9.17) is 9.47 Å². The van der Waals surface area contributed by atoms with Crippen molar-refractivity contribution in [1.29, 1.82) is 0 Å². The number of likely N-dealkylation sites (tertiary alicyclic amines) is 1. The van der Waals surface area contributed by atoms with Crippen LogP contribution in [0.1, 0.15) is 70.6 Å². The minimum atomic E-state index is -1.23. The molecule has 0 unspecified atom stereocenters. The Hall–Kier alpha value is -6.06. The highest BCUT2D eigenvalue weighted by molar-refractivity contribution is 5.97. The van der Waals surface area contributed by atoms with Crippen LogP contribution in [0.15, 0.2) is 67.3 Å². The Morgan fingerprint density at radius 3 is 2.55 bits per heavy atom. The third-order valence-corrected chi connectivity index (χ3v) is 13.4. The summed E-state index contributed by atoms with van der Waals surface area (Å²) in [5.41, 5.74) is 8.11. The largest absolute Gasteiger partial charge is 0.508 e. The number of esters is 1. The van der Waals surface area contributed by atoms with Gasteiger partial charge in [-0.15, -0.1) is 0 Å². The van der Waals surface area contributed by atoms with Crippen LogP contribution in [0.5, 0.6) is 5.75 Å². The first-order valence-corrected chi connectivity index (χ1v) is 23.4. The summed E-state index contributed by atoms with van der Waals surface area (Å²) >= 11 is 0. The maximum Gasteiger partial charge on any atom is 0.324 e. The molecule has 3 N–H and O–H groups in total. The number of carbonyl (C=O) groups excluding carboxylic acids is 5. The van der Waals surface area contributed by atoms with E-state index in [1.165, 1.54) is 28.1 Å². The van der Waals surface area contributed by atoms with E-state index in [0.717, 1.165) is 22.4 Å². The highest BCUT2D eigenvalue weighted by Crippen LogP contribution is 2.42. The zero-order valence-corrected chi connectivity index (χ0v) is 39.8. The van der Waals surface area contributed by atoms with Gasteiger partial charge in [-0.2, -0.15) is 0 Å². The van der Waals surface area contributed by atoms with Gasteiger partial charge < -0.3 is 34.3 Å². The van der Waals surface area contributed by atoms with Crippen molar-refractivity contribution in [2.75, 3.05) is 47.0 Å². The van der Waals surface area contributed by atoms with Crippen LogP contribution >= 0.6 is 0 Å². The number of aryl methyl sites for hydroxylation is 1. The Morgan fingerprint density at radius 2 is 1.84 bits per heavy atom. The van der Waals surface area contributed by atoms with Gasteiger partial charge in [0.25, 0.3) is 5.91 Å². The third-order valence-electron chi connectivity index (χ3n) is 13.4. The molecule has 2 saturated heterocycles. The smallest absolute Gasteiger partial charge is 0.324 e. The number of cyclic esters (lactones) is 1. The molecule has 358 valence electrons. The van der Waals surface area contributed by atoms with Crippen LogP contribution in [0.3, 0.4) is 0 Å². The number of rotatable bonds is 11. The Morgan fingerprint density at radius 1 is 1.09 bits per heavy atom. The number of nitrogens with one attached hydrogen (secondary N) is 2. The van der Waals surface area contributed by atoms with Crippen molar-refractivity contribution in [3.63, 3.8) is 0 Å². The third kappa shape index (κ3) is 10.4. The Bertz CT molecular complexity index is 2550. The zero-order valence-electron chi connectivity index (χ0n) is 39.8. The van der Waals surface area contributed by atoms with Crippen molar-refractivity contribution in [2.24, 2.45) is 17.3 Å². The van der Waals surface area contributed by atoms with E-state index in [1.54, 1.807) is 31.2 Å². The second-order valence-corrected chi connectivity index (χ2v) is 19.4. The molecule has 3 aromatic carbocycles. The van der Waals surface area contributed by atoms with Gasteiger partial charge in [0.05, 0.1) is 30.3 Å². The van der Waals surface area contributed by atoms with Crippen molar-refractivity contribution in [1.82, 2.24) is 30.1 Å². The van der Waals surface area contributed by atoms with Crippen LogP contribution in [0.4, 0.5) is 4.39 Å². The van der Waals surface area contributed by atoms with Gasteiger partial charge in [0, 0.05) is 63.1 Å². The predicted molar refractivity (Wildman–Crippen MR) is 254 cm³/mol. The van der Waals surface area contributed by atoms with E-state index in [9.17, 15) is 29.1 Å². The summed E-state index contributed by atoms with van der Waals surface area (Å²) < 4.78 is 30.6. The zero-order chi connectivity index (χ0) is 48.3. The molecule has 15 heteroatoms. The van der Waals surface area contributed by atoms with Gasteiger partial charge in [0.2, 0.25) is 17.7 Å². The average Bonchev–Trinajstić information content (AvgIpc) is 3.92. The van der Waals surface area contributed by atoms with Crippen LogP contribution in [-0.2, 0) is 59.3 Å². The minimum absolute atomic E-state index is 0.0323. The van der Waals surface area contributed by atoms with Crippen molar-refractivity contribution < 1.29 is 42.9 Å². The molecule has 2 fully saturated rings. The second kappa shape index (κ2) is 20.4. The number of nitrogens with zero attached hydrogens (tertiary/aromatic N) is 4. The molecule has 6 bridgehead atoms. The SMILES string of the molecule is C=CC(=O)N1CC[C@H](C(=O)N(C)[C@H](C(=O)N[C@H]2Cc3cc(O)cc(c3)-c3cc(F)c4c(c3)c(c(-c3ccccc3CCOC)n4CC)CC(C)(C)COC(=O)[C@@H]3CCCN(N3)C2=O)C(C)C)C1. The number of amides is 4. The molecule has 1 aromatic heterocycles. The molecule has 4 amide bonds. The lowest BCUT2D eigenvalue weighted by Gasteiger charge is -2.37. The van der Waals surface area contributed by atoms with E-state index < -0.39 is 53.1 Å². The van der Waals surface area contributed by atoms with Crippen LogP contribution < -0.4 is 10.7 Å². The summed E-state index contributed by atoms with van der Waals surface area (Å²) in [5.74, 6) is -3.66. The monoisotopic (exact) mass is 920 g/mol. The molecular formula is C52H65FN6O8. The summed E-state index contributed by atoms with van der Waals surface area (Å²) in [6.07, 6.45) is 3.50. The van der Waals surface area contributed by atoms with Crippen molar-refractivity contribution in [3.05, 3.63) is 89.8 Å². The van der Waals surface area contributed by atoms with E-state index in [2.05, 4.69) is 23.4 Å². The molecule has 4 aromatic rings. The molecule has 0 radical (unpaired) electrons. The van der Waals surface area contributed by atoms with Gasteiger partial charge in [-0.05, 0) is 103 Å². The fourth-order valence-electron chi connectivity index (χ4n) is 10.2. The Balaban J connectivity index is 1.32. The molecule has 3 aliphatic heterocycles. The molecule has 14 nitrogen and oxygen atoms in total. The van der Waals surface area contributed by atoms with Crippen LogP contribution in [0.2, 0.25) is 0 Å². The maximum absolute atomic E-state index is 17.0. The molecular weight excluding hydrogens is 856 g/mol. The summed E-state index contributed by atoms with van der Waals surface area (Å²) in [4.78, 5) is 72.3. The Labute approximate surface area is 392 Å². The number of phenols is 1. The van der Waals surface area contributed by atoms with Crippen LogP contribution in [0, 0.1) is 23.1 Å². The highest BCUT2D eigenvalue weighted by Gasteiger charge is 2.40. The molecule has 67 heavy (non-hydrogen) atoms. The van der Waals surface area contributed by atoms with Gasteiger partial charge in [0.1, 0.15) is 29.7 Å². The second-order valence-electron chi connectivity index (χ2n) is 19.4. The minimum Gasteiger partial charge on any atom is -0.508 e. The number of methoxy groups -OCH3 is 1. The standard InChI is InChI=1S/C52H65FN6O8/c1-9-44(61)57-20-17-34(29-57)49(63)56(7)45(31(3)4)48(62)54-43-24-32-22-35(25-37(60)23-32)36-26-39-40(28-52(5,6)30-67-51(65)42-16-13-19-59(55-42)50(43)64)46(58(10-2)47(39)41(53)27-36)38-15-12-11-14-33(38)18-21-66-8/h9,11-12,14-15,22-23,25-27,31,34,42-43,45,55,60H,1,10,13,16-21,24,28-30H2,2-8H3,(H,54,62)/t34-,42-,43-,45-/m0/s1. The number of benzene rings is 3. The fraction of sp³-hybridized carbons (Fsp3) is 0.481. The average molecular weight is 921 g/mol. The first kappa shape index (κ1) is 48.9. The van der Waals surface area contributed by atoms with Crippen molar-refractivity contribution >= 4 is 40.5 Å². The lowest BCUT2D eigenvalue weighted by atomic mass is 9.83. The van der Waals surface area contributed by atoms with Gasteiger partial charge >= 0.3 is 5.97 Å². The number of aromatic nitrogens is 1. The van der Waals surface area contributed by atoms with E-state index >= 15 is 4.39 Å². The first-order chi connectivity index (χ1) is 31.9. The number of phenolic OH excluding ortho intramolecular Hbond substituents is 1. The summed E-state index contributed by atoms with van der Waals surface area (Å²) in [7, 11) is 3.22. The lowest BCUT2D eigenvalue weighted by Crippen LogP contribution is -2.62. The molecule has 0 saturated carbocycles. The highest BCUT2D eigenvalue weighted by atomic mass is 19.1. The van der Waals surface area contributed by atoms with Crippen molar-refractivity contribution in [3.8, 4) is 28.1 Å². The van der Waals surface area contributed by atoms with Gasteiger partial charge in [-0.3, -0.25) is 29.0 Å².